The Morgan fingerprint density at radius 2 is 2.18 bits per heavy atom. The second-order valence-electron chi connectivity index (χ2n) is 3.82. The molecule has 0 saturated heterocycles. The smallest absolute Gasteiger partial charge is 0.0630 e. The average Bonchev–Trinajstić information content (AvgIpc) is 2.27. The SMILES string of the molecule is [2H]C([2H])([2H])n1cc(C(C)(C)C)c(C)n1. The van der Waals surface area contributed by atoms with E-state index in [-0.39, 0.29) is 5.41 Å². The quantitative estimate of drug-likeness (QED) is 0.560. The van der Waals surface area contributed by atoms with Crippen LogP contribution in [0.5, 0.6) is 0 Å². The van der Waals surface area contributed by atoms with Gasteiger partial charge in [-0.25, -0.2) is 0 Å². The predicted molar refractivity (Wildman–Crippen MR) is 46.6 cm³/mol. The van der Waals surface area contributed by atoms with E-state index in [1.807, 2.05) is 27.7 Å². The van der Waals surface area contributed by atoms with E-state index in [0.717, 1.165) is 15.9 Å². The van der Waals surface area contributed by atoms with Crippen LogP contribution in [0.2, 0.25) is 0 Å². The molecule has 11 heavy (non-hydrogen) atoms. The van der Waals surface area contributed by atoms with E-state index in [1.165, 1.54) is 0 Å². The molecule has 62 valence electrons. The molecule has 0 aliphatic rings. The molecule has 0 amide bonds. The maximum absolute atomic E-state index is 7.22. The highest BCUT2D eigenvalue weighted by molar-refractivity contribution is 5.23. The van der Waals surface area contributed by atoms with Gasteiger partial charge in [0.25, 0.3) is 0 Å². The zero-order chi connectivity index (χ0) is 11.1. The third kappa shape index (κ3) is 1.62. The average molecular weight is 155 g/mol. The maximum atomic E-state index is 7.22. The Hall–Kier alpha value is -0.790. The standard InChI is InChI=1S/C9H16N2/c1-7-8(9(2,3)4)6-11(5)10-7/h6H,1-5H3/i5D3. The second-order valence-corrected chi connectivity index (χ2v) is 3.82. The van der Waals surface area contributed by atoms with E-state index in [4.69, 9.17) is 4.11 Å². The number of aryl methyl sites for hydroxylation is 2. The molecule has 1 heterocycles. The Kier molecular flexibility index (Phi) is 1.07. The maximum Gasteiger partial charge on any atom is 0.0630 e. The molecule has 0 spiro atoms. The summed E-state index contributed by atoms with van der Waals surface area (Å²) in [7, 11) is 0. The molecule has 1 aromatic rings. The summed E-state index contributed by atoms with van der Waals surface area (Å²) >= 11 is 0. The first-order chi connectivity index (χ1) is 6.12. The van der Waals surface area contributed by atoms with Crippen molar-refractivity contribution in [1.29, 1.82) is 0 Å². The lowest BCUT2D eigenvalue weighted by Crippen LogP contribution is -2.11. The largest absolute Gasteiger partial charge is 0.275 e. The van der Waals surface area contributed by atoms with Gasteiger partial charge in [0.05, 0.1) is 5.69 Å². The van der Waals surface area contributed by atoms with E-state index in [0.29, 0.717) is 0 Å². The van der Waals surface area contributed by atoms with E-state index < -0.39 is 6.98 Å². The first kappa shape index (κ1) is 4.96. The molecule has 0 bridgehead atoms. The fourth-order valence-electron chi connectivity index (χ4n) is 1.20. The third-order valence-corrected chi connectivity index (χ3v) is 1.71. The predicted octanol–water partition coefficient (Wildman–Crippen LogP) is 2.03. The van der Waals surface area contributed by atoms with Gasteiger partial charge in [0.15, 0.2) is 0 Å². The second kappa shape index (κ2) is 2.36. The van der Waals surface area contributed by atoms with Gasteiger partial charge < -0.3 is 0 Å². The molecule has 0 N–H and O–H groups in total. The summed E-state index contributed by atoms with van der Waals surface area (Å²) in [5.74, 6) is 0. The van der Waals surface area contributed by atoms with Crippen molar-refractivity contribution in [3.8, 4) is 0 Å². The highest BCUT2D eigenvalue weighted by atomic mass is 15.2. The van der Waals surface area contributed by atoms with Crippen molar-refractivity contribution in [3.63, 3.8) is 0 Å². The van der Waals surface area contributed by atoms with Gasteiger partial charge in [-0.15, -0.1) is 0 Å². The summed E-state index contributed by atoms with van der Waals surface area (Å²) in [4.78, 5) is 0. The molecule has 2 heteroatoms. The van der Waals surface area contributed by atoms with Crippen LogP contribution in [0.15, 0.2) is 6.20 Å². The summed E-state index contributed by atoms with van der Waals surface area (Å²) in [6.45, 7) is 5.79. The molecule has 0 saturated carbocycles. The molecule has 0 aromatic carbocycles. The lowest BCUT2D eigenvalue weighted by Gasteiger charge is -2.16. The van der Waals surface area contributed by atoms with Crippen LogP contribution in [0, 0.1) is 6.92 Å². The molecule has 0 aliphatic heterocycles. The highest BCUT2D eigenvalue weighted by Crippen LogP contribution is 2.23. The molecule has 0 unspecified atom stereocenters. The Bertz CT molecular complexity index is 331. The minimum absolute atomic E-state index is 0.0619. The van der Waals surface area contributed by atoms with Crippen molar-refractivity contribution in [3.05, 3.63) is 17.5 Å². The monoisotopic (exact) mass is 155 g/mol. The Morgan fingerprint density at radius 1 is 1.55 bits per heavy atom. The van der Waals surface area contributed by atoms with Crippen molar-refractivity contribution in [2.45, 2.75) is 33.1 Å². The summed E-state index contributed by atoms with van der Waals surface area (Å²) in [5.41, 5.74) is 1.70. The molecule has 1 aromatic heterocycles. The lowest BCUT2D eigenvalue weighted by molar-refractivity contribution is 0.585. The molecule has 0 aliphatic carbocycles. The van der Waals surface area contributed by atoms with E-state index in [2.05, 4.69) is 5.10 Å². The van der Waals surface area contributed by atoms with E-state index >= 15 is 0 Å². The summed E-state index contributed by atoms with van der Waals surface area (Å²) in [6.07, 6.45) is 1.61. The topological polar surface area (TPSA) is 17.8 Å². The first-order valence-electron chi connectivity index (χ1n) is 5.19. The van der Waals surface area contributed by atoms with Crippen molar-refractivity contribution < 1.29 is 4.11 Å². The number of hydrogen-bond donors (Lipinski definition) is 0. The first-order valence-corrected chi connectivity index (χ1v) is 3.69. The number of nitrogens with zero attached hydrogens (tertiary/aromatic N) is 2. The van der Waals surface area contributed by atoms with Gasteiger partial charge in [-0.2, -0.15) is 5.10 Å². The van der Waals surface area contributed by atoms with Crippen LogP contribution < -0.4 is 0 Å². The van der Waals surface area contributed by atoms with Crippen molar-refractivity contribution in [2.24, 2.45) is 6.98 Å². The number of aromatic nitrogens is 2. The van der Waals surface area contributed by atoms with Crippen LogP contribution in [0.4, 0.5) is 0 Å². The van der Waals surface area contributed by atoms with Crippen LogP contribution in [0.3, 0.4) is 0 Å². The van der Waals surface area contributed by atoms with Crippen molar-refractivity contribution in [1.82, 2.24) is 9.78 Å². The Labute approximate surface area is 72.4 Å². The fourth-order valence-corrected chi connectivity index (χ4v) is 1.20. The van der Waals surface area contributed by atoms with Gasteiger partial charge in [0.1, 0.15) is 0 Å². The zero-order valence-electron chi connectivity index (χ0n) is 10.5. The van der Waals surface area contributed by atoms with Gasteiger partial charge >= 0.3 is 0 Å². The van der Waals surface area contributed by atoms with E-state index in [1.54, 1.807) is 6.20 Å². The van der Waals surface area contributed by atoms with Crippen LogP contribution in [-0.4, -0.2) is 9.78 Å². The Morgan fingerprint density at radius 3 is 2.45 bits per heavy atom. The minimum atomic E-state index is -2.17. The fraction of sp³-hybridized carbons (Fsp3) is 0.667. The molecule has 0 atom stereocenters. The van der Waals surface area contributed by atoms with Crippen LogP contribution in [0.1, 0.15) is 36.1 Å². The normalized spacial score (nSPS) is 17.3. The van der Waals surface area contributed by atoms with Gasteiger partial charge in [0, 0.05) is 17.3 Å². The van der Waals surface area contributed by atoms with Gasteiger partial charge in [-0.3, -0.25) is 4.68 Å². The number of hydrogen-bond acceptors (Lipinski definition) is 1. The molecule has 0 fully saturated rings. The van der Waals surface area contributed by atoms with Crippen LogP contribution >= 0.6 is 0 Å². The van der Waals surface area contributed by atoms with E-state index in [9.17, 15) is 0 Å². The molecular formula is C9H16N2. The van der Waals surface area contributed by atoms with Gasteiger partial charge in [0.2, 0.25) is 0 Å². The highest BCUT2D eigenvalue weighted by Gasteiger charge is 2.18. The number of rotatable bonds is 0. The summed E-state index contributed by atoms with van der Waals surface area (Å²) in [6, 6.07) is 0. The van der Waals surface area contributed by atoms with Gasteiger partial charge in [-0.1, -0.05) is 20.8 Å². The van der Waals surface area contributed by atoms with Crippen molar-refractivity contribution in [2.75, 3.05) is 0 Å². The third-order valence-electron chi connectivity index (χ3n) is 1.71. The molecular weight excluding hydrogens is 136 g/mol. The molecule has 1 rings (SSSR count). The summed E-state index contributed by atoms with van der Waals surface area (Å²) in [5, 5.41) is 4.00. The lowest BCUT2D eigenvalue weighted by atomic mass is 9.88. The van der Waals surface area contributed by atoms with Gasteiger partial charge in [-0.05, 0) is 17.9 Å². The summed E-state index contributed by atoms with van der Waals surface area (Å²) < 4.78 is 22.7. The molecule has 0 radical (unpaired) electrons. The Balaban J connectivity index is 3.19. The molecule has 2 nitrogen and oxygen atoms in total. The van der Waals surface area contributed by atoms with Crippen LogP contribution in [0.25, 0.3) is 0 Å². The van der Waals surface area contributed by atoms with Crippen LogP contribution in [-0.2, 0) is 12.4 Å². The minimum Gasteiger partial charge on any atom is -0.275 e. The van der Waals surface area contributed by atoms with Crippen molar-refractivity contribution >= 4 is 0 Å². The zero-order valence-corrected chi connectivity index (χ0v) is 7.47.